The Morgan fingerprint density at radius 3 is 2.52 bits per heavy atom. The number of aromatic nitrogens is 4. The zero-order valence-corrected chi connectivity index (χ0v) is 17.5. The Morgan fingerprint density at radius 2 is 1.86 bits per heavy atom. The standard InChI is InChI=1S/C20H30N6O3/c1-4-24(5-2)18-8-7-16-21-22-17(26(16)23-18)9-10-19(27)25-13-11-15(12-14-25)20(28)29-6-3/h7-8,15H,4-6,9-14H2,1-3H3. The third-order valence-corrected chi connectivity index (χ3v) is 5.43. The first-order valence-electron chi connectivity index (χ1n) is 10.5. The summed E-state index contributed by atoms with van der Waals surface area (Å²) in [6.07, 6.45) is 2.15. The van der Waals surface area contributed by atoms with Crippen molar-refractivity contribution in [2.45, 2.75) is 46.5 Å². The van der Waals surface area contributed by atoms with Crippen LogP contribution >= 0.6 is 0 Å². The summed E-state index contributed by atoms with van der Waals surface area (Å²) in [5.41, 5.74) is 0.679. The molecule has 1 fully saturated rings. The fourth-order valence-electron chi connectivity index (χ4n) is 3.70. The Labute approximate surface area is 171 Å². The number of carbonyl (C=O) groups is 2. The van der Waals surface area contributed by atoms with Crippen molar-refractivity contribution in [2.24, 2.45) is 5.92 Å². The number of hydrogen-bond acceptors (Lipinski definition) is 7. The number of aryl methyl sites for hydroxylation is 1. The van der Waals surface area contributed by atoms with Crippen LogP contribution in [0.15, 0.2) is 12.1 Å². The van der Waals surface area contributed by atoms with E-state index in [9.17, 15) is 9.59 Å². The van der Waals surface area contributed by atoms with Crippen molar-refractivity contribution in [2.75, 3.05) is 37.7 Å². The highest BCUT2D eigenvalue weighted by atomic mass is 16.5. The van der Waals surface area contributed by atoms with Crippen molar-refractivity contribution in [3.63, 3.8) is 0 Å². The second kappa shape index (κ2) is 9.67. The molecule has 9 nitrogen and oxygen atoms in total. The van der Waals surface area contributed by atoms with Crippen LogP contribution in [0.4, 0.5) is 5.82 Å². The van der Waals surface area contributed by atoms with Crippen molar-refractivity contribution in [3.8, 4) is 0 Å². The van der Waals surface area contributed by atoms with Gasteiger partial charge in [-0.25, -0.2) is 0 Å². The molecule has 1 amide bonds. The van der Waals surface area contributed by atoms with Gasteiger partial charge in [0.15, 0.2) is 11.5 Å². The van der Waals surface area contributed by atoms with Crippen LogP contribution in [0.1, 0.15) is 45.9 Å². The molecule has 0 atom stereocenters. The number of fused-ring (bicyclic) bond motifs is 1. The molecule has 0 aromatic carbocycles. The highest BCUT2D eigenvalue weighted by Crippen LogP contribution is 2.20. The molecule has 9 heteroatoms. The van der Waals surface area contributed by atoms with E-state index in [2.05, 4.69) is 34.0 Å². The lowest BCUT2D eigenvalue weighted by molar-refractivity contribution is -0.151. The zero-order chi connectivity index (χ0) is 20.8. The van der Waals surface area contributed by atoms with Gasteiger partial charge in [0, 0.05) is 39.0 Å². The molecule has 3 rings (SSSR count). The number of rotatable bonds is 8. The molecule has 0 spiro atoms. The SMILES string of the molecule is CCOC(=O)C1CCN(C(=O)CCc2nnc3ccc(N(CC)CC)nn23)CC1. The molecule has 158 valence electrons. The number of anilines is 1. The average molecular weight is 402 g/mol. The van der Waals surface area contributed by atoms with Gasteiger partial charge in [0.05, 0.1) is 12.5 Å². The van der Waals surface area contributed by atoms with Crippen LogP contribution in [0.5, 0.6) is 0 Å². The van der Waals surface area contributed by atoms with Crippen molar-refractivity contribution < 1.29 is 14.3 Å². The molecule has 0 bridgehead atoms. The van der Waals surface area contributed by atoms with Crippen LogP contribution < -0.4 is 4.90 Å². The van der Waals surface area contributed by atoms with E-state index in [0.29, 0.717) is 56.9 Å². The number of nitrogens with zero attached hydrogens (tertiary/aromatic N) is 6. The Hall–Kier alpha value is -2.71. The van der Waals surface area contributed by atoms with E-state index in [0.717, 1.165) is 18.9 Å². The van der Waals surface area contributed by atoms with E-state index >= 15 is 0 Å². The predicted octanol–water partition coefficient (Wildman–Crippen LogP) is 1.70. The van der Waals surface area contributed by atoms with Crippen LogP contribution in [-0.2, 0) is 20.7 Å². The van der Waals surface area contributed by atoms with Crippen molar-refractivity contribution in [1.82, 2.24) is 24.7 Å². The van der Waals surface area contributed by atoms with Gasteiger partial charge >= 0.3 is 5.97 Å². The number of likely N-dealkylation sites (tertiary alicyclic amines) is 1. The van der Waals surface area contributed by atoms with E-state index in [1.807, 2.05) is 24.0 Å². The van der Waals surface area contributed by atoms with Gasteiger partial charge in [0.1, 0.15) is 5.82 Å². The molecule has 1 aliphatic heterocycles. The number of hydrogen-bond donors (Lipinski definition) is 0. The largest absolute Gasteiger partial charge is 0.466 e. The smallest absolute Gasteiger partial charge is 0.309 e. The molecule has 2 aromatic heterocycles. The summed E-state index contributed by atoms with van der Waals surface area (Å²) < 4.78 is 6.82. The molecular weight excluding hydrogens is 372 g/mol. The van der Waals surface area contributed by atoms with Gasteiger partial charge in [-0.2, -0.15) is 4.52 Å². The molecule has 0 aliphatic carbocycles. The second-order valence-corrected chi connectivity index (χ2v) is 7.16. The third-order valence-electron chi connectivity index (χ3n) is 5.43. The van der Waals surface area contributed by atoms with Crippen molar-refractivity contribution >= 4 is 23.3 Å². The lowest BCUT2D eigenvalue weighted by Gasteiger charge is -2.30. The zero-order valence-electron chi connectivity index (χ0n) is 17.5. The van der Waals surface area contributed by atoms with Crippen LogP contribution in [-0.4, -0.2) is 69.4 Å². The van der Waals surface area contributed by atoms with Crippen molar-refractivity contribution in [1.29, 1.82) is 0 Å². The summed E-state index contributed by atoms with van der Waals surface area (Å²) in [5, 5.41) is 13.0. The molecule has 1 aliphatic rings. The quantitative estimate of drug-likeness (QED) is 0.621. The van der Waals surface area contributed by atoms with Crippen LogP contribution in [0.3, 0.4) is 0 Å². The van der Waals surface area contributed by atoms with Gasteiger partial charge < -0.3 is 14.5 Å². The minimum atomic E-state index is -0.149. The van der Waals surface area contributed by atoms with Gasteiger partial charge in [-0.1, -0.05) is 0 Å². The maximum Gasteiger partial charge on any atom is 0.309 e. The van der Waals surface area contributed by atoms with E-state index in [-0.39, 0.29) is 17.8 Å². The Bertz CT molecular complexity index is 840. The summed E-state index contributed by atoms with van der Waals surface area (Å²) in [5.74, 6) is 1.38. The molecule has 0 saturated carbocycles. The van der Waals surface area contributed by atoms with Gasteiger partial charge in [-0.15, -0.1) is 15.3 Å². The maximum absolute atomic E-state index is 12.6. The molecule has 0 N–H and O–H groups in total. The minimum Gasteiger partial charge on any atom is -0.466 e. The highest BCUT2D eigenvalue weighted by Gasteiger charge is 2.28. The second-order valence-electron chi connectivity index (χ2n) is 7.16. The maximum atomic E-state index is 12.6. The number of esters is 1. The van der Waals surface area contributed by atoms with Gasteiger partial charge in [-0.05, 0) is 45.7 Å². The fraction of sp³-hybridized carbons (Fsp3) is 0.650. The molecule has 2 aromatic rings. The monoisotopic (exact) mass is 402 g/mol. The van der Waals surface area contributed by atoms with Crippen molar-refractivity contribution in [3.05, 3.63) is 18.0 Å². The van der Waals surface area contributed by atoms with E-state index < -0.39 is 0 Å². The van der Waals surface area contributed by atoms with E-state index in [1.165, 1.54) is 0 Å². The minimum absolute atomic E-state index is 0.0731. The molecular formula is C20H30N6O3. The Morgan fingerprint density at radius 1 is 1.14 bits per heavy atom. The summed E-state index contributed by atoms with van der Waals surface area (Å²) in [7, 11) is 0. The summed E-state index contributed by atoms with van der Waals surface area (Å²) in [6.45, 7) is 9.30. The van der Waals surface area contributed by atoms with E-state index in [4.69, 9.17) is 4.74 Å². The third kappa shape index (κ3) is 4.83. The number of ether oxygens (including phenoxy) is 1. The van der Waals surface area contributed by atoms with Crippen LogP contribution in [0, 0.1) is 5.92 Å². The lowest BCUT2D eigenvalue weighted by atomic mass is 9.96. The van der Waals surface area contributed by atoms with Gasteiger partial charge in [0.2, 0.25) is 5.91 Å². The normalized spacial score (nSPS) is 14.9. The van der Waals surface area contributed by atoms with Gasteiger partial charge in [0.25, 0.3) is 0 Å². The summed E-state index contributed by atoms with van der Waals surface area (Å²) in [4.78, 5) is 28.5. The first-order chi connectivity index (χ1) is 14.1. The summed E-state index contributed by atoms with van der Waals surface area (Å²) >= 11 is 0. The first-order valence-corrected chi connectivity index (χ1v) is 10.5. The van der Waals surface area contributed by atoms with Gasteiger partial charge in [-0.3, -0.25) is 9.59 Å². The molecule has 29 heavy (non-hydrogen) atoms. The average Bonchev–Trinajstić information content (AvgIpc) is 3.15. The first kappa shape index (κ1) is 21.0. The van der Waals surface area contributed by atoms with Crippen LogP contribution in [0.2, 0.25) is 0 Å². The topological polar surface area (TPSA) is 92.9 Å². The molecule has 1 saturated heterocycles. The molecule has 0 radical (unpaired) electrons. The Kier molecular flexibility index (Phi) is 7.00. The highest BCUT2D eigenvalue weighted by molar-refractivity contribution is 5.77. The van der Waals surface area contributed by atoms with E-state index in [1.54, 1.807) is 4.52 Å². The number of carbonyl (C=O) groups excluding carboxylic acids is 2. The molecule has 0 unspecified atom stereocenters. The Balaban J connectivity index is 1.58. The van der Waals surface area contributed by atoms with Crippen LogP contribution in [0.25, 0.3) is 5.65 Å². The summed E-state index contributed by atoms with van der Waals surface area (Å²) in [6, 6.07) is 3.85. The lowest BCUT2D eigenvalue weighted by Crippen LogP contribution is -2.40. The number of amides is 1. The molecule has 3 heterocycles. The fourth-order valence-corrected chi connectivity index (χ4v) is 3.70. The number of piperidine rings is 1. The predicted molar refractivity (Wildman–Crippen MR) is 109 cm³/mol.